The molecule has 30 heavy (non-hydrogen) atoms. The number of nitrogens with one attached hydrogen (secondary N) is 2. The van der Waals surface area contributed by atoms with Crippen molar-refractivity contribution < 1.29 is 4.79 Å². The van der Waals surface area contributed by atoms with Gasteiger partial charge in [0, 0.05) is 29.3 Å². The maximum Gasteiger partial charge on any atom is 0.238 e. The van der Waals surface area contributed by atoms with E-state index in [4.69, 9.17) is 0 Å². The van der Waals surface area contributed by atoms with Gasteiger partial charge in [0.15, 0.2) is 0 Å². The SMILES string of the molecule is CC1CCN(c2ccc(NC(=O)CNC(c3ccccc3)c3cccs3)cc2)CC1. The predicted octanol–water partition coefficient (Wildman–Crippen LogP) is 5.30. The van der Waals surface area contributed by atoms with Crippen LogP contribution in [0.2, 0.25) is 0 Å². The Morgan fingerprint density at radius 3 is 2.43 bits per heavy atom. The second-order valence-electron chi connectivity index (χ2n) is 8.00. The summed E-state index contributed by atoms with van der Waals surface area (Å²) in [5.74, 6) is 0.785. The molecule has 1 aliphatic rings. The number of amides is 1. The summed E-state index contributed by atoms with van der Waals surface area (Å²) in [6, 6.07) is 22.6. The highest BCUT2D eigenvalue weighted by atomic mass is 32.1. The summed E-state index contributed by atoms with van der Waals surface area (Å²) in [6.07, 6.45) is 2.49. The van der Waals surface area contributed by atoms with Gasteiger partial charge in [0.1, 0.15) is 0 Å². The van der Waals surface area contributed by atoms with Crippen LogP contribution in [0.25, 0.3) is 0 Å². The van der Waals surface area contributed by atoms with Gasteiger partial charge >= 0.3 is 0 Å². The van der Waals surface area contributed by atoms with Crippen LogP contribution in [0.5, 0.6) is 0 Å². The molecule has 0 spiro atoms. The molecule has 1 saturated heterocycles. The van der Waals surface area contributed by atoms with Crippen molar-refractivity contribution in [2.45, 2.75) is 25.8 Å². The van der Waals surface area contributed by atoms with Gasteiger partial charge in [-0.2, -0.15) is 0 Å². The average Bonchev–Trinajstić information content (AvgIpc) is 3.30. The molecule has 1 aliphatic heterocycles. The fourth-order valence-electron chi connectivity index (χ4n) is 3.91. The molecule has 0 bridgehead atoms. The third-order valence-electron chi connectivity index (χ3n) is 5.73. The lowest BCUT2D eigenvalue weighted by atomic mass is 9.99. The average molecular weight is 420 g/mol. The summed E-state index contributed by atoms with van der Waals surface area (Å²) >= 11 is 1.70. The van der Waals surface area contributed by atoms with E-state index in [0.717, 1.165) is 30.3 Å². The third kappa shape index (κ3) is 5.29. The molecule has 0 saturated carbocycles. The predicted molar refractivity (Wildman–Crippen MR) is 126 cm³/mol. The van der Waals surface area contributed by atoms with Gasteiger partial charge in [-0.3, -0.25) is 10.1 Å². The zero-order valence-electron chi connectivity index (χ0n) is 17.4. The molecule has 2 heterocycles. The van der Waals surface area contributed by atoms with E-state index in [9.17, 15) is 4.79 Å². The Morgan fingerprint density at radius 1 is 1.03 bits per heavy atom. The molecule has 0 radical (unpaired) electrons. The van der Waals surface area contributed by atoms with Crippen LogP contribution in [0.3, 0.4) is 0 Å². The molecule has 0 aliphatic carbocycles. The Kier molecular flexibility index (Phi) is 6.82. The van der Waals surface area contributed by atoms with Crippen LogP contribution < -0.4 is 15.5 Å². The standard InChI is InChI=1S/C25H29N3OS/c1-19-13-15-28(16-14-19)22-11-9-21(10-12-22)27-24(29)18-26-25(23-8-5-17-30-23)20-6-3-2-4-7-20/h2-12,17,19,25-26H,13-16,18H2,1H3,(H,27,29). The number of benzene rings is 2. The Hall–Kier alpha value is -2.63. The van der Waals surface area contributed by atoms with Gasteiger partial charge in [-0.05, 0) is 60.0 Å². The number of anilines is 2. The van der Waals surface area contributed by atoms with Gasteiger partial charge in [0.25, 0.3) is 0 Å². The normalized spacial score (nSPS) is 15.7. The van der Waals surface area contributed by atoms with Gasteiger partial charge in [0.05, 0.1) is 12.6 Å². The Labute approximate surface area is 182 Å². The van der Waals surface area contributed by atoms with E-state index >= 15 is 0 Å². The number of thiophene rings is 1. The van der Waals surface area contributed by atoms with Crippen LogP contribution in [0.1, 0.15) is 36.2 Å². The van der Waals surface area contributed by atoms with E-state index in [0.29, 0.717) is 0 Å². The molecule has 2 aromatic carbocycles. The second-order valence-corrected chi connectivity index (χ2v) is 8.98. The van der Waals surface area contributed by atoms with E-state index in [1.54, 1.807) is 11.3 Å². The van der Waals surface area contributed by atoms with E-state index in [-0.39, 0.29) is 18.5 Å². The van der Waals surface area contributed by atoms with Crippen molar-refractivity contribution >= 4 is 28.6 Å². The van der Waals surface area contributed by atoms with E-state index in [1.807, 2.05) is 36.4 Å². The Balaban J connectivity index is 1.33. The molecule has 1 fully saturated rings. The second kappa shape index (κ2) is 9.92. The number of nitrogens with zero attached hydrogens (tertiary/aromatic N) is 1. The number of piperidine rings is 1. The van der Waals surface area contributed by atoms with Crippen molar-refractivity contribution in [2.75, 3.05) is 29.9 Å². The lowest BCUT2D eigenvalue weighted by Crippen LogP contribution is -2.32. The molecule has 4 rings (SSSR count). The van der Waals surface area contributed by atoms with E-state index < -0.39 is 0 Å². The summed E-state index contributed by atoms with van der Waals surface area (Å²) in [5, 5.41) is 8.50. The van der Waals surface area contributed by atoms with Crippen LogP contribution in [0, 0.1) is 5.92 Å². The first-order valence-electron chi connectivity index (χ1n) is 10.7. The largest absolute Gasteiger partial charge is 0.372 e. The van der Waals surface area contributed by atoms with Gasteiger partial charge in [-0.15, -0.1) is 11.3 Å². The minimum absolute atomic E-state index is 0.0146. The fourth-order valence-corrected chi connectivity index (χ4v) is 4.73. The lowest BCUT2D eigenvalue weighted by Gasteiger charge is -2.32. The number of carbonyl (C=O) groups excluding carboxylic acids is 1. The van der Waals surface area contributed by atoms with Gasteiger partial charge in [0.2, 0.25) is 5.91 Å². The molecule has 1 atom stereocenters. The fraction of sp³-hybridized carbons (Fsp3) is 0.320. The monoisotopic (exact) mass is 419 g/mol. The van der Waals surface area contributed by atoms with Crippen LogP contribution in [-0.2, 0) is 4.79 Å². The van der Waals surface area contributed by atoms with E-state index in [2.05, 4.69) is 58.2 Å². The first kappa shape index (κ1) is 20.6. The molecule has 1 unspecified atom stereocenters. The van der Waals surface area contributed by atoms with Crippen molar-refractivity contribution in [3.05, 3.63) is 82.6 Å². The Morgan fingerprint density at radius 2 is 1.77 bits per heavy atom. The summed E-state index contributed by atoms with van der Waals surface area (Å²) in [6.45, 7) is 4.80. The molecule has 4 nitrogen and oxygen atoms in total. The summed E-state index contributed by atoms with van der Waals surface area (Å²) in [7, 11) is 0. The summed E-state index contributed by atoms with van der Waals surface area (Å²) in [5.41, 5.74) is 3.23. The maximum absolute atomic E-state index is 12.6. The Bertz CT molecular complexity index is 917. The van der Waals surface area contributed by atoms with Crippen LogP contribution >= 0.6 is 11.3 Å². The number of hydrogen-bond acceptors (Lipinski definition) is 4. The quantitative estimate of drug-likeness (QED) is 0.546. The van der Waals surface area contributed by atoms with Gasteiger partial charge in [-0.1, -0.05) is 43.3 Å². The van der Waals surface area contributed by atoms with Crippen molar-refractivity contribution in [1.29, 1.82) is 0 Å². The zero-order valence-corrected chi connectivity index (χ0v) is 18.2. The smallest absolute Gasteiger partial charge is 0.238 e. The molecule has 5 heteroatoms. The molecule has 1 amide bonds. The third-order valence-corrected chi connectivity index (χ3v) is 6.66. The number of carbonyl (C=O) groups is 1. The molecule has 1 aromatic heterocycles. The molecular weight excluding hydrogens is 390 g/mol. The lowest BCUT2D eigenvalue weighted by molar-refractivity contribution is -0.115. The molecule has 3 aromatic rings. The highest BCUT2D eigenvalue weighted by Gasteiger charge is 2.17. The van der Waals surface area contributed by atoms with Gasteiger partial charge < -0.3 is 10.2 Å². The number of rotatable bonds is 7. The van der Waals surface area contributed by atoms with Crippen molar-refractivity contribution in [1.82, 2.24) is 5.32 Å². The van der Waals surface area contributed by atoms with Crippen molar-refractivity contribution in [2.24, 2.45) is 5.92 Å². The minimum atomic E-state index is -0.0352. The van der Waals surface area contributed by atoms with Crippen LogP contribution in [-0.4, -0.2) is 25.5 Å². The topological polar surface area (TPSA) is 44.4 Å². The van der Waals surface area contributed by atoms with Crippen molar-refractivity contribution in [3.8, 4) is 0 Å². The van der Waals surface area contributed by atoms with Crippen LogP contribution in [0.4, 0.5) is 11.4 Å². The van der Waals surface area contributed by atoms with E-state index in [1.165, 1.54) is 23.4 Å². The maximum atomic E-state index is 12.6. The minimum Gasteiger partial charge on any atom is -0.372 e. The van der Waals surface area contributed by atoms with Gasteiger partial charge in [-0.25, -0.2) is 0 Å². The first-order chi connectivity index (χ1) is 14.7. The van der Waals surface area contributed by atoms with Crippen LogP contribution in [0.15, 0.2) is 72.1 Å². The first-order valence-corrected chi connectivity index (χ1v) is 11.5. The number of hydrogen-bond donors (Lipinski definition) is 2. The van der Waals surface area contributed by atoms with Crippen molar-refractivity contribution in [3.63, 3.8) is 0 Å². The molecule has 2 N–H and O–H groups in total. The molecular formula is C25H29N3OS. The zero-order chi connectivity index (χ0) is 20.8. The highest BCUT2D eigenvalue weighted by molar-refractivity contribution is 7.10. The molecule has 156 valence electrons. The summed E-state index contributed by atoms with van der Waals surface area (Å²) in [4.78, 5) is 16.2. The highest BCUT2D eigenvalue weighted by Crippen LogP contribution is 2.26. The summed E-state index contributed by atoms with van der Waals surface area (Å²) < 4.78 is 0.